The average Bonchev–Trinajstić information content (AvgIpc) is 2.15. The first kappa shape index (κ1) is 12.7. The minimum Gasteiger partial charge on any atom is -0.103 e. The van der Waals surface area contributed by atoms with Crippen LogP contribution < -0.4 is 0 Å². The Morgan fingerprint density at radius 2 is 1.54 bits per heavy atom. The molecule has 0 aliphatic carbocycles. The Kier molecular flexibility index (Phi) is 5.31. The summed E-state index contributed by atoms with van der Waals surface area (Å²) in [6.45, 7) is 17.2. The third-order valence-electron chi connectivity index (χ3n) is 3.58. The fourth-order valence-corrected chi connectivity index (χ4v) is 5.84. The van der Waals surface area contributed by atoms with Gasteiger partial charge in [-0.1, -0.05) is 51.9 Å². The Morgan fingerprint density at radius 1 is 1.15 bits per heavy atom. The zero-order chi connectivity index (χ0) is 10.5. The molecule has 76 valence electrons. The van der Waals surface area contributed by atoms with Crippen LogP contribution in [0.5, 0.6) is 0 Å². The van der Waals surface area contributed by atoms with E-state index in [0.29, 0.717) is 11.1 Å². The molecule has 0 fully saturated rings. The van der Waals surface area contributed by atoms with E-state index in [0.717, 1.165) is 0 Å². The first-order chi connectivity index (χ1) is 6.02. The van der Waals surface area contributed by atoms with Crippen molar-refractivity contribution in [2.24, 2.45) is 0 Å². The summed E-state index contributed by atoms with van der Waals surface area (Å²) in [4.78, 5) is 0. The van der Waals surface area contributed by atoms with Crippen LogP contribution >= 0.6 is 0 Å². The molecule has 0 saturated carbocycles. The van der Waals surface area contributed by atoms with Crippen LogP contribution in [0.4, 0.5) is 0 Å². The predicted octanol–water partition coefficient (Wildman–Crippen LogP) is 4.63. The van der Waals surface area contributed by atoms with Gasteiger partial charge in [0, 0.05) is 0 Å². The van der Waals surface area contributed by atoms with E-state index in [-0.39, 0.29) is 0 Å². The highest BCUT2D eigenvalue weighted by molar-refractivity contribution is 6.82. The van der Waals surface area contributed by atoms with Crippen molar-refractivity contribution in [3.8, 4) is 0 Å². The summed E-state index contributed by atoms with van der Waals surface area (Å²) in [5, 5.41) is 0. The fourth-order valence-electron chi connectivity index (χ4n) is 1.95. The molecule has 0 aliphatic rings. The highest BCUT2D eigenvalue weighted by atomic mass is 28.3. The minimum atomic E-state index is -1.19. The second kappa shape index (κ2) is 5.43. The Bertz CT molecular complexity index is 158. The molecule has 0 N–H and O–H groups in total. The lowest BCUT2D eigenvalue weighted by molar-refractivity contribution is 0.931. The van der Waals surface area contributed by atoms with E-state index in [1.165, 1.54) is 12.5 Å². The van der Waals surface area contributed by atoms with Gasteiger partial charge in [0.25, 0.3) is 0 Å². The summed E-state index contributed by atoms with van der Waals surface area (Å²) in [6.07, 6.45) is 5.54. The van der Waals surface area contributed by atoms with Crippen LogP contribution in [0.25, 0.3) is 0 Å². The van der Waals surface area contributed by atoms with Gasteiger partial charge in [-0.15, -0.1) is 13.2 Å². The molecule has 0 aromatic rings. The van der Waals surface area contributed by atoms with E-state index in [2.05, 4.69) is 52.6 Å². The van der Waals surface area contributed by atoms with E-state index < -0.39 is 8.07 Å². The Hall–Kier alpha value is -0.303. The fraction of sp³-hybridized carbons (Fsp3) is 0.667. The molecule has 0 rings (SSSR count). The van der Waals surface area contributed by atoms with E-state index in [1.54, 1.807) is 0 Å². The maximum absolute atomic E-state index is 3.93. The normalized spacial score (nSPS) is 20.0. The molecule has 0 radical (unpaired) electrons. The Balaban J connectivity index is 4.68. The van der Waals surface area contributed by atoms with Crippen molar-refractivity contribution in [3.05, 3.63) is 25.3 Å². The highest BCUT2D eigenvalue weighted by Crippen LogP contribution is 2.38. The van der Waals surface area contributed by atoms with Crippen LogP contribution in [0.15, 0.2) is 25.3 Å². The maximum Gasteiger partial charge on any atom is 0.0636 e. The molecule has 0 aromatic carbocycles. The quantitative estimate of drug-likeness (QED) is 0.429. The number of allylic oxidation sites excluding steroid dienone is 2. The molecular weight excluding hydrogens is 172 g/mol. The summed E-state index contributed by atoms with van der Waals surface area (Å²) < 4.78 is 0. The van der Waals surface area contributed by atoms with Gasteiger partial charge >= 0.3 is 0 Å². The van der Waals surface area contributed by atoms with Gasteiger partial charge in [-0.2, -0.15) is 0 Å². The molecule has 2 atom stereocenters. The van der Waals surface area contributed by atoms with Crippen molar-refractivity contribution in [2.45, 2.75) is 50.9 Å². The highest BCUT2D eigenvalue weighted by Gasteiger charge is 2.34. The van der Waals surface area contributed by atoms with E-state index in [9.17, 15) is 0 Å². The Morgan fingerprint density at radius 3 is 1.77 bits per heavy atom. The smallest absolute Gasteiger partial charge is 0.0636 e. The predicted molar refractivity (Wildman–Crippen MR) is 66.0 cm³/mol. The summed E-state index contributed by atoms with van der Waals surface area (Å²) in [6, 6.07) is 1.38. The SMILES string of the molecule is C=CC(C)[Si](C)(CCC)C(C)C=C. The summed E-state index contributed by atoms with van der Waals surface area (Å²) in [7, 11) is -1.19. The third kappa shape index (κ3) is 2.83. The molecule has 0 aromatic heterocycles. The summed E-state index contributed by atoms with van der Waals surface area (Å²) in [5.74, 6) is 0. The van der Waals surface area contributed by atoms with Crippen LogP contribution in [0.1, 0.15) is 27.2 Å². The van der Waals surface area contributed by atoms with Crippen molar-refractivity contribution in [3.63, 3.8) is 0 Å². The van der Waals surface area contributed by atoms with Gasteiger partial charge in [-0.05, 0) is 11.1 Å². The summed E-state index contributed by atoms with van der Waals surface area (Å²) in [5.41, 5.74) is 1.39. The molecule has 0 aliphatic heterocycles. The van der Waals surface area contributed by atoms with Crippen LogP contribution in [0, 0.1) is 0 Å². The van der Waals surface area contributed by atoms with Crippen molar-refractivity contribution < 1.29 is 0 Å². The van der Waals surface area contributed by atoms with Crippen molar-refractivity contribution >= 4 is 8.07 Å². The second-order valence-corrected chi connectivity index (χ2v) is 9.64. The van der Waals surface area contributed by atoms with Gasteiger partial charge in [0.15, 0.2) is 0 Å². The molecule has 0 heterocycles. The van der Waals surface area contributed by atoms with E-state index in [1.807, 2.05) is 0 Å². The van der Waals surface area contributed by atoms with Crippen LogP contribution in [-0.2, 0) is 0 Å². The second-order valence-electron chi connectivity index (χ2n) is 4.30. The monoisotopic (exact) mass is 196 g/mol. The van der Waals surface area contributed by atoms with Gasteiger partial charge in [0.05, 0.1) is 8.07 Å². The van der Waals surface area contributed by atoms with Crippen LogP contribution in [0.3, 0.4) is 0 Å². The molecule has 2 unspecified atom stereocenters. The number of rotatable bonds is 6. The molecule has 0 saturated heterocycles. The largest absolute Gasteiger partial charge is 0.103 e. The molecule has 0 amide bonds. The average molecular weight is 196 g/mol. The molecule has 0 nitrogen and oxygen atoms in total. The summed E-state index contributed by atoms with van der Waals surface area (Å²) >= 11 is 0. The van der Waals surface area contributed by atoms with Gasteiger partial charge in [-0.3, -0.25) is 0 Å². The molecule has 1 heteroatoms. The third-order valence-corrected chi connectivity index (χ3v) is 9.79. The number of hydrogen-bond donors (Lipinski definition) is 0. The van der Waals surface area contributed by atoms with Gasteiger partial charge in [-0.25, -0.2) is 0 Å². The van der Waals surface area contributed by atoms with E-state index >= 15 is 0 Å². The maximum atomic E-state index is 3.93. The molecule has 13 heavy (non-hydrogen) atoms. The van der Waals surface area contributed by atoms with Crippen molar-refractivity contribution in [2.75, 3.05) is 0 Å². The topological polar surface area (TPSA) is 0 Å². The van der Waals surface area contributed by atoms with Crippen molar-refractivity contribution in [1.29, 1.82) is 0 Å². The van der Waals surface area contributed by atoms with Crippen LogP contribution in [0.2, 0.25) is 23.7 Å². The zero-order valence-corrected chi connectivity index (χ0v) is 10.6. The molecule has 0 bridgehead atoms. The van der Waals surface area contributed by atoms with E-state index in [4.69, 9.17) is 0 Å². The first-order valence-corrected chi connectivity index (χ1v) is 8.14. The number of hydrogen-bond acceptors (Lipinski definition) is 0. The lowest BCUT2D eigenvalue weighted by atomic mass is 10.4. The Labute approximate surface area is 84.8 Å². The lowest BCUT2D eigenvalue weighted by Gasteiger charge is -2.36. The first-order valence-electron chi connectivity index (χ1n) is 5.28. The molecular formula is C12H24Si. The minimum absolute atomic E-state index is 0.695. The van der Waals surface area contributed by atoms with Crippen molar-refractivity contribution in [1.82, 2.24) is 0 Å². The zero-order valence-electron chi connectivity index (χ0n) is 9.64. The standard InChI is InChI=1S/C12H24Si/c1-7-10-13(6,11(4)8-2)12(5)9-3/h8-9,11-12H,2-3,7,10H2,1,4-6H3. The van der Waals surface area contributed by atoms with Crippen LogP contribution in [-0.4, -0.2) is 8.07 Å². The van der Waals surface area contributed by atoms with Gasteiger partial charge in [0.2, 0.25) is 0 Å². The van der Waals surface area contributed by atoms with Gasteiger partial charge < -0.3 is 0 Å². The molecule has 0 spiro atoms. The van der Waals surface area contributed by atoms with Gasteiger partial charge in [0.1, 0.15) is 0 Å². The lowest BCUT2D eigenvalue weighted by Crippen LogP contribution is -2.37.